The summed E-state index contributed by atoms with van der Waals surface area (Å²) < 4.78 is 0. The molecule has 1 fully saturated rings. The lowest BCUT2D eigenvalue weighted by atomic mass is 10.1. The summed E-state index contributed by atoms with van der Waals surface area (Å²) in [7, 11) is 0. The van der Waals surface area contributed by atoms with Crippen LogP contribution in [0.4, 0.5) is 0 Å². The lowest BCUT2D eigenvalue weighted by molar-refractivity contribution is 1.08. The van der Waals surface area contributed by atoms with E-state index in [1.807, 2.05) is 12.3 Å². The van der Waals surface area contributed by atoms with Gasteiger partial charge in [-0.25, -0.2) is 0 Å². The summed E-state index contributed by atoms with van der Waals surface area (Å²) in [6.45, 7) is 1.12. The van der Waals surface area contributed by atoms with Gasteiger partial charge in [-0.2, -0.15) is 0 Å². The van der Waals surface area contributed by atoms with E-state index in [2.05, 4.69) is 34.6 Å². The molecule has 1 saturated heterocycles. The molecule has 13 heavy (non-hydrogen) atoms. The van der Waals surface area contributed by atoms with E-state index in [4.69, 9.17) is 0 Å². The molecule has 2 aromatic rings. The van der Waals surface area contributed by atoms with Crippen molar-refractivity contribution in [3.8, 4) is 0 Å². The summed E-state index contributed by atoms with van der Waals surface area (Å²) >= 11 is 0. The maximum Gasteiger partial charge on any atom is 0.0702 e. The van der Waals surface area contributed by atoms with Crippen molar-refractivity contribution in [1.82, 2.24) is 10.3 Å². The first-order valence-corrected chi connectivity index (χ1v) is 4.51. The average molecular weight is 170 g/mol. The van der Waals surface area contributed by atoms with Gasteiger partial charge in [0.25, 0.3) is 0 Å². The molecule has 0 spiro atoms. The summed E-state index contributed by atoms with van der Waals surface area (Å²) in [5.41, 5.74) is 2.45. The van der Waals surface area contributed by atoms with E-state index in [-0.39, 0.29) is 0 Å². The van der Waals surface area contributed by atoms with E-state index in [1.54, 1.807) is 0 Å². The van der Waals surface area contributed by atoms with Gasteiger partial charge in [-0.05, 0) is 23.8 Å². The van der Waals surface area contributed by atoms with Gasteiger partial charge >= 0.3 is 0 Å². The second-order valence-corrected chi connectivity index (χ2v) is 3.42. The number of hydrogen-bond acceptors (Lipinski definition) is 2. The van der Waals surface area contributed by atoms with Crippen molar-refractivity contribution in [3.05, 3.63) is 42.1 Å². The Bertz CT molecular complexity index is 447. The molecule has 1 N–H and O–H groups in total. The molecular weight excluding hydrogens is 160 g/mol. The third-order valence-electron chi connectivity index (χ3n) is 2.44. The molecule has 0 saturated carbocycles. The summed E-state index contributed by atoms with van der Waals surface area (Å²) in [6.07, 6.45) is 1.83. The van der Waals surface area contributed by atoms with Crippen LogP contribution >= 0.6 is 0 Å². The van der Waals surface area contributed by atoms with Gasteiger partial charge < -0.3 is 5.32 Å². The van der Waals surface area contributed by atoms with Gasteiger partial charge in [-0.1, -0.05) is 12.1 Å². The Labute approximate surface area is 76.6 Å². The van der Waals surface area contributed by atoms with Crippen molar-refractivity contribution in [2.24, 2.45) is 0 Å². The Hall–Kier alpha value is -1.41. The van der Waals surface area contributed by atoms with Crippen LogP contribution in [0.25, 0.3) is 10.9 Å². The Balaban J connectivity index is 2.21. The second-order valence-electron chi connectivity index (χ2n) is 3.42. The second kappa shape index (κ2) is 2.54. The van der Waals surface area contributed by atoms with Gasteiger partial charge in [0.1, 0.15) is 0 Å². The zero-order valence-electron chi connectivity index (χ0n) is 7.20. The number of nitrogens with one attached hydrogen (secondary N) is 1. The van der Waals surface area contributed by atoms with Crippen LogP contribution in [0.3, 0.4) is 0 Å². The van der Waals surface area contributed by atoms with Crippen molar-refractivity contribution >= 4 is 10.9 Å². The number of fused-ring (bicyclic) bond motifs is 1. The van der Waals surface area contributed by atoms with Crippen LogP contribution in [0.15, 0.2) is 36.5 Å². The molecule has 1 aliphatic heterocycles. The highest BCUT2D eigenvalue weighted by molar-refractivity contribution is 5.79. The highest BCUT2D eigenvalue weighted by Gasteiger charge is 2.21. The van der Waals surface area contributed by atoms with Crippen molar-refractivity contribution < 1.29 is 0 Å². The van der Waals surface area contributed by atoms with Gasteiger partial charge in [-0.3, -0.25) is 4.98 Å². The van der Waals surface area contributed by atoms with Gasteiger partial charge in [-0.15, -0.1) is 0 Å². The van der Waals surface area contributed by atoms with E-state index in [0.29, 0.717) is 6.04 Å². The zero-order chi connectivity index (χ0) is 8.67. The molecular formula is C11H10N2. The van der Waals surface area contributed by atoms with Crippen molar-refractivity contribution in [1.29, 1.82) is 0 Å². The van der Waals surface area contributed by atoms with E-state index < -0.39 is 0 Å². The topological polar surface area (TPSA) is 34.8 Å². The molecule has 0 radical (unpaired) electrons. The molecule has 2 heterocycles. The van der Waals surface area contributed by atoms with Crippen molar-refractivity contribution in [3.63, 3.8) is 0 Å². The fourth-order valence-corrected chi connectivity index (χ4v) is 1.61. The van der Waals surface area contributed by atoms with Crippen LogP contribution in [0.5, 0.6) is 0 Å². The molecule has 2 nitrogen and oxygen atoms in total. The Morgan fingerprint density at radius 2 is 2.23 bits per heavy atom. The summed E-state index contributed by atoms with van der Waals surface area (Å²) in [5.74, 6) is 0. The molecule has 1 atom stereocenters. The maximum atomic E-state index is 4.28. The van der Waals surface area contributed by atoms with Crippen molar-refractivity contribution in [2.75, 3.05) is 6.54 Å². The predicted molar refractivity (Wildman–Crippen MR) is 52.5 cm³/mol. The van der Waals surface area contributed by atoms with Crippen LogP contribution < -0.4 is 5.32 Å². The van der Waals surface area contributed by atoms with Crippen LogP contribution in [-0.2, 0) is 0 Å². The number of benzene rings is 1. The molecule has 1 aliphatic rings. The van der Waals surface area contributed by atoms with Gasteiger partial charge in [0.15, 0.2) is 0 Å². The van der Waals surface area contributed by atoms with Crippen LogP contribution in [0, 0.1) is 0 Å². The van der Waals surface area contributed by atoms with Gasteiger partial charge in [0.05, 0.1) is 5.52 Å². The van der Waals surface area contributed by atoms with Crippen LogP contribution in [0.2, 0.25) is 0 Å². The molecule has 64 valence electrons. The first-order valence-electron chi connectivity index (χ1n) is 4.51. The first kappa shape index (κ1) is 7.04. The van der Waals surface area contributed by atoms with Crippen molar-refractivity contribution in [2.45, 2.75) is 6.04 Å². The molecule has 3 rings (SSSR count). The molecule has 0 aliphatic carbocycles. The molecule has 1 aromatic carbocycles. The largest absolute Gasteiger partial charge is 0.307 e. The highest BCUT2D eigenvalue weighted by Crippen LogP contribution is 2.24. The van der Waals surface area contributed by atoms with E-state index in [1.165, 1.54) is 10.9 Å². The normalized spacial score (nSPS) is 20.5. The molecule has 1 aromatic heterocycles. The Morgan fingerprint density at radius 3 is 3.08 bits per heavy atom. The lowest BCUT2D eigenvalue weighted by Crippen LogP contribution is -1.85. The Kier molecular flexibility index (Phi) is 1.37. The number of nitrogens with zero attached hydrogens (tertiary/aromatic N) is 1. The average Bonchev–Trinajstić information content (AvgIpc) is 3.00. The van der Waals surface area contributed by atoms with E-state index >= 15 is 0 Å². The van der Waals surface area contributed by atoms with E-state index in [0.717, 1.165) is 12.1 Å². The molecule has 0 amide bonds. The summed E-state index contributed by atoms with van der Waals surface area (Å²) in [5, 5.41) is 4.53. The molecule has 2 heteroatoms. The maximum absolute atomic E-state index is 4.28. The summed E-state index contributed by atoms with van der Waals surface area (Å²) in [6, 6.07) is 11.1. The lowest BCUT2D eigenvalue weighted by Gasteiger charge is -1.99. The number of rotatable bonds is 1. The first-order chi connectivity index (χ1) is 6.43. The van der Waals surface area contributed by atoms with Gasteiger partial charge in [0, 0.05) is 24.2 Å². The fraction of sp³-hybridized carbons (Fsp3) is 0.182. The van der Waals surface area contributed by atoms with Gasteiger partial charge in [0.2, 0.25) is 0 Å². The minimum Gasteiger partial charge on any atom is -0.307 e. The van der Waals surface area contributed by atoms with E-state index in [9.17, 15) is 0 Å². The standard InChI is InChI=1S/C11H10N2/c1-2-8-6-9(11-7-13-11)3-4-10(8)12-5-1/h1-6,11,13H,7H2. The minimum atomic E-state index is 0.588. The molecule has 1 unspecified atom stereocenters. The highest BCUT2D eigenvalue weighted by atomic mass is 15.1. The SMILES string of the molecule is c1cnc2ccc(C3CN3)cc2c1. The predicted octanol–water partition coefficient (Wildman–Crippen LogP) is 1.88. The minimum absolute atomic E-state index is 0.588. The van der Waals surface area contributed by atoms with Crippen LogP contribution in [-0.4, -0.2) is 11.5 Å². The zero-order valence-corrected chi connectivity index (χ0v) is 7.20. The number of pyridine rings is 1. The Morgan fingerprint density at radius 1 is 1.31 bits per heavy atom. The van der Waals surface area contributed by atoms with Crippen LogP contribution in [0.1, 0.15) is 11.6 Å². The fourth-order valence-electron chi connectivity index (χ4n) is 1.61. The third-order valence-corrected chi connectivity index (χ3v) is 2.44. The summed E-state index contributed by atoms with van der Waals surface area (Å²) in [4.78, 5) is 4.28. The third kappa shape index (κ3) is 1.19. The number of aromatic nitrogens is 1. The smallest absolute Gasteiger partial charge is 0.0702 e. The molecule has 0 bridgehead atoms. The quantitative estimate of drug-likeness (QED) is 0.663. The number of hydrogen-bond donors (Lipinski definition) is 1. The monoisotopic (exact) mass is 170 g/mol.